The molecule has 1 aliphatic rings. The summed E-state index contributed by atoms with van der Waals surface area (Å²) in [5.41, 5.74) is 7.84. The Hall–Kier alpha value is -1.64. The van der Waals surface area contributed by atoms with Crippen LogP contribution in [0.3, 0.4) is 0 Å². The van der Waals surface area contributed by atoms with Crippen molar-refractivity contribution in [2.45, 2.75) is 25.8 Å². The van der Waals surface area contributed by atoms with Crippen molar-refractivity contribution < 1.29 is 0 Å². The minimum atomic E-state index is 0.456. The molecule has 1 fully saturated rings. The first-order valence-corrected chi connectivity index (χ1v) is 6.38. The molecule has 2 rings (SSSR count). The summed E-state index contributed by atoms with van der Waals surface area (Å²) < 4.78 is 0. The minimum absolute atomic E-state index is 0.456. The molecule has 0 aromatic carbocycles. The molecule has 2 atom stereocenters. The maximum atomic E-state index is 8.64. The molecule has 0 saturated carbocycles. The third kappa shape index (κ3) is 3.42. The highest BCUT2D eigenvalue weighted by atomic mass is 15.4. The number of pyridine rings is 1. The standard InChI is InChI=1S/C13H19N5/c1-10-11(8-17-18-10)3-2-6-15-13-5-4-12(7-14)16-9-13/h4-5,9-11,15,17-18H,2-3,6,8H2,1H3. The van der Waals surface area contributed by atoms with Gasteiger partial charge in [-0.05, 0) is 37.8 Å². The zero-order valence-electron chi connectivity index (χ0n) is 10.6. The molecule has 5 nitrogen and oxygen atoms in total. The van der Waals surface area contributed by atoms with E-state index in [1.54, 1.807) is 12.3 Å². The summed E-state index contributed by atoms with van der Waals surface area (Å²) in [6.45, 7) is 4.21. The third-order valence-electron chi connectivity index (χ3n) is 3.36. The van der Waals surface area contributed by atoms with Gasteiger partial charge in [0.05, 0.1) is 11.9 Å². The van der Waals surface area contributed by atoms with Crippen molar-refractivity contribution in [1.82, 2.24) is 15.8 Å². The molecule has 1 aromatic heterocycles. The summed E-state index contributed by atoms with van der Waals surface area (Å²) in [4.78, 5) is 4.02. The predicted octanol–water partition coefficient (Wildman–Crippen LogP) is 1.26. The molecule has 0 spiro atoms. The molecule has 1 aliphatic heterocycles. The maximum absolute atomic E-state index is 8.64. The number of hydrazine groups is 1. The smallest absolute Gasteiger partial charge is 0.140 e. The van der Waals surface area contributed by atoms with Gasteiger partial charge >= 0.3 is 0 Å². The van der Waals surface area contributed by atoms with Crippen molar-refractivity contribution in [3.8, 4) is 6.07 Å². The zero-order valence-corrected chi connectivity index (χ0v) is 10.6. The lowest BCUT2D eigenvalue weighted by Crippen LogP contribution is -2.28. The number of nitrogens with zero attached hydrogens (tertiary/aromatic N) is 2. The lowest BCUT2D eigenvalue weighted by molar-refractivity contribution is 0.452. The molecular weight excluding hydrogens is 226 g/mol. The van der Waals surface area contributed by atoms with Crippen LogP contribution in [-0.2, 0) is 0 Å². The van der Waals surface area contributed by atoms with E-state index in [1.807, 2.05) is 12.1 Å². The molecule has 2 unspecified atom stereocenters. The SMILES string of the molecule is CC1NNCC1CCCNc1ccc(C#N)nc1. The van der Waals surface area contributed by atoms with Crippen LogP contribution in [0.5, 0.6) is 0 Å². The molecule has 1 aromatic rings. The number of rotatable bonds is 5. The van der Waals surface area contributed by atoms with Crippen LogP contribution in [-0.4, -0.2) is 24.1 Å². The van der Waals surface area contributed by atoms with Gasteiger partial charge in [0, 0.05) is 19.1 Å². The Kier molecular flexibility index (Phi) is 4.51. The van der Waals surface area contributed by atoms with Crippen LogP contribution in [0.4, 0.5) is 5.69 Å². The summed E-state index contributed by atoms with van der Waals surface area (Å²) in [5.74, 6) is 0.714. The zero-order chi connectivity index (χ0) is 12.8. The highest BCUT2D eigenvalue weighted by molar-refractivity contribution is 5.42. The number of anilines is 1. The van der Waals surface area contributed by atoms with Gasteiger partial charge in [-0.15, -0.1) is 0 Å². The van der Waals surface area contributed by atoms with E-state index in [0.29, 0.717) is 17.7 Å². The maximum Gasteiger partial charge on any atom is 0.140 e. The van der Waals surface area contributed by atoms with Gasteiger partial charge in [0.15, 0.2) is 0 Å². The van der Waals surface area contributed by atoms with Crippen LogP contribution in [0.15, 0.2) is 18.3 Å². The second-order valence-electron chi connectivity index (χ2n) is 4.69. The normalized spacial score (nSPS) is 22.7. The molecule has 0 aliphatic carbocycles. The van der Waals surface area contributed by atoms with E-state index in [2.05, 4.69) is 28.1 Å². The van der Waals surface area contributed by atoms with Crippen molar-refractivity contribution in [3.63, 3.8) is 0 Å². The van der Waals surface area contributed by atoms with E-state index in [9.17, 15) is 0 Å². The van der Waals surface area contributed by atoms with E-state index in [4.69, 9.17) is 5.26 Å². The second kappa shape index (κ2) is 6.34. The summed E-state index contributed by atoms with van der Waals surface area (Å²) in [6.07, 6.45) is 4.05. The Bertz CT molecular complexity index is 408. The van der Waals surface area contributed by atoms with E-state index in [1.165, 1.54) is 6.42 Å². The van der Waals surface area contributed by atoms with Crippen LogP contribution < -0.4 is 16.2 Å². The molecule has 18 heavy (non-hydrogen) atoms. The van der Waals surface area contributed by atoms with E-state index in [0.717, 1.165) is 25.2 Å². The van der Waals surface area contributed by atoms with Gasteiger partial charge in [-0.1, -0.05) is 0 Å². The van der Waals surface area contributed by atoms with Crippen LogP contribution in [0, 0.1) is 17.2 Å². The number of hydrogen-bond acceptors (Lipinski definition) is 5. The largest absolute Gasteiger partial charge is 0.384 e. The summed E-state index contributed by atoms with van der Waals surface area (Å²) in [7, 11) is 0. The molecule has 96 valence electrons. The highest BCUT2D eigenvalue weighted by Gasteiger charge is 2.21. The van der Waals surface area contributed by atoms with Gasteiger partial charge in [0.2, 0.25) is 0 Å². The first kappa shape index (κ1) is 12.8. The quantitative estimate of drug-likeness (QED) is 0.681. The predicted molar refractivity (Wildman–Crippen MR) is 70.8 cm³/mol. The first-order valence-electron chi connectivity index (χ1n) is 6.38. The van der Waals surface area contributed by atoms with Crippen molar-refractivity contribution in [2.75, 3.05) is 18.4 Å². The molecule has 2 heterocycles. The summed E-state index contributed by atoms with van der Waals surface area (Å²) >= 11 is 0. The second-order valence-corrected chi connectivity index (χ2v) is 4.69. The van der Waals surface area contributed by atoms with Gasteiger partial charge in [0.25, 0.3) is 0 Å². The topological polar surface area (TPSA) is 72.8 Å². The number of aromatic nitrogens is 1. The fourth-order valence-electron chi connectivity index (χ4n) is 2.16. The molecule has 3 N–H and O–H groups in total. The molecule has 1 saturated heterocycles. The lowest BCUT2D eigenvalue weighted by Gasteiger charge is -2.13. The average molecular weight is 245 g/mol. The van der Waals surface area contributed by atoms with Gasteiger partial charge in [0.1, 0.15) is 11.8 Å². The van der Waals surface area contributed by atoms with Crippen LogP contribution in [0.25, 0.3) is 0 Å². The number of hydrogen-bond donors (Lipinski definition) is 3. The third-order valence-corrected chi connectivity index (χ3v) is 3.36. The monoisotopic (exact) mass is 245 g/mol. The lowest BCUT2D eigenvalue weighted by atomic mass is 9.98. The Balaban J connectivity index is 1.67. The minimum Gasteiger partial charge on any atom is -0.384 e. The molecule has 0 bridgehead atoms. The van der Waals surface area contributed by atoms with Crippen LogP contribution in [0.2, 0.25) is 0 Å². The molecular formula is C13H19N5. The summed E-state index contributed by atoms with van der Waals surface area (Å²) in [6, 6.07) is 6.19. The fourth-order valence-corrected chi connectivity index (χ4v) is 2.16. The number of nitrogens with one attached hydrogen (secondary N) is 3. The van der Waals surface area contributed by atoms with Crippen molar-refractivity contribution in [3.05, 3.63) is 24.0 Å². The van der Waals surface area contributed by atoms with Crippen molar-refractivity contribution in [1.29, 1.82) is 5.26 Å². The van der Waals surface area contributed by atoms with Gasteiger partial charge in [-0.2, -0.15) is 5.26 Å². The Morgan fingerprint density at radius 1 is 1.56 bits per heavy atom. The molecule has 5 heteroatoms. The fraction of sp³-hybridized carbons (Fsp3) is 0.538. The van der Waals surface area contributed by atoms with E-state index in [-0.39, 0.29) is 0 Å². The van der Waals surface area contributed by atoms with Crippen molar-refractivity contribution in [2.24, 2.45) is 5.92 Å². The molecule has 0 amide bonds. The van der Waals surface area contributed by atoms with Gasteiger partial charge < -0.3 is 5.32 Å². The van der Waals surface area contributed by atoms with Crippen molar-refractivity contribution >= 4 is 5.69 Å². The first-order chi connectivity index (χ1) is 8.79. The molecule has 0 radical (unpaired) electrons. The van der Waals surface area contributed by atoms with Gasteiger partial charge in [-0.25, -0.2) is 4.98 Å². The average Bonchev–Trinajstić information content (AvgIpc) is 2.81. The van der Waals surface area contributed by atoms with Gasteiger partial charge in [-0.3, -0.25) is 10.9 Å². The van der Waals surface area contributed by atoms with Crippen LogP contribution in [0.1, 0.15) is 25.5 Å². The number of nitriles is 1. The van der Waals surface area contributed by atoms with Crippen LogP contribution >= 0.6 is 0 Å². The Morgan fingerprint density at radius 2 is 2.44 bits per heavy atom. The van der Waals surface area contributed by atoms with E-state index >= 15 is 0 Å². The Morgan fingerprint density at radius 3 is 3.06 bits per heavy atom. The van der Waals surface area contributed by atoms with E-state index < -0.39 is 0 Å². The highest BCUT2D eigenvalue weighted by Crippen LogP contribution is 2.14. The Labute approximate surface area is 108 Å². The summed E-state index contributed by atoms with van der Waals surface area (Å²) in [5, 5.41) is 12.0.